The van der Waals surface area contributed by atoms with E-state index in [9.17, 15) is 50.4 Å². The average molecular weight is 1680 g/mol. The van der Waals surface area contributed by atoms with Gasteiger partial charge in [-0.2, -0.15) is 0 Å². The van der Waals surface area contributed by atoms with Crippen molar-refractivity contribution in [2.24, 2.45) is 35.5 Å². The van der Waals surface area contributed by atoms with E-state index in [1.807, 2.05) is 91.8 Å². The summed E-state index contributed by atoms with van der Waals surface area (Å²) < 4.78 is 111. The van der Waals surface area contributed by atoms with E-state index in [4.69, 9.17) is 85.3 Å². The molecule has 0 aliphatic carbocycles. The second kappa shape index (κ2) is 51.8. The first kappa shape index (κ1) is 102. The minimum Gasteiger partial charge on any atom is -0.458 e. The zero-order chi connectivity index (χ0) is 86.4. The quantitative estimate of drug-likeness (QED) is 0.0329. The van der Waals surface area contributed by atoms with E-state index < -0.39 is 170 Å². The third-order valence-electron chi connectivity index (χ3n) is 25.6. The number of fused-ring (bicyclic) bond motifs is 4. The summed E-state index contributed by atoms with van der Waals surface area (Å²) in [6.07, 6.45) is 6.78. The molecule has 0 spiro atoms. The molecule has 0 aromatic heterocycles. The Balaban J connectivity index is 1.18. The molecule has 0 aromatic carbocycles. The maximum atomic E-state index is 14.3. The summed E-state index contributed by atoms with van der Waals surface area (Å²) in [5, 5.41) is 94.5. The van der Waals surface area contributed by atoms with Crippen molar-refractivity contribution < 1.29 is 136 Å². The molecule has 4 fully saturated rings. The second-order valence-corrected chi connectivity index (χ2v) is 35.0. The van der Waals surface area contributed by atoms with Crippen LogP contribution in [0.15, 0.2) is 71.9 Å². The summed E-state index contributed by atoms with van der Waals surface area (Å²) in [5.41, 5.74) is 1.35. The van der Waals surface area contributed by atoms with Crippen LogP contribution in [0, 0.1) is 35.5 Å². The summed E-state index contributed by atoms with van der Waals surface area (Å²) in [6, 6.07) is 0. The van der Waals surface area contributed by atoms with Crippen molar-refractivity contribution in [3.8, 4) is 0 Å². The van der Waals surface area contributed by atoms with Gasteiger partial charge in [0.2, 0.25) is 0 Å². The lowest BCUT2D eigenvalue weighted by Crippen LogP contribution is -2.56. The van der Waals surface area contributed by atoms with Gasteiger partial charge in [-0.25, -0.2) is 9.59 Å². The Morgan fingerprint density at radius 3 is 1.11 bits per heavy atom. The molecule has 7 aliphatic heterocycles. The van der Waals surface area contributed by atoms with E-state index in [2.05, 4.69) is 0 Å². The van der Waals surface area contributed by atoms with Crippen molar-refractivity contribution in [1.82, 2.24) is 0 Å². The molecule has 36 atom stereocenters. The van der Waals surface area contributed by atoms with Gasteiger partial charge in [0.15, 0.2) is 12.6 Å². The number of cyclic esters (lactones) is 2. The maximum Gasteiger partial charge on any atom is 0.331 e. The van der Waals surface area contributed by atoms with E-state index in [0.717, 1.165) is 25.7 Å². The Morgan fingerprint density at radius 2 is 0.763 bits per heavy atom. The first-order valence-corrected chi connectivity index (χ1v) is 43.6. The standard InChI is InChI=1S/C90H152O28/c1-51-25-31-69(115-89-87(107-17)85(105-15)77(95)49-109-89)43-63-21-19-23-65(113-63)45-73(103-13)40-62(92)42-76(94)58(8)84(60(10)82(100)54(4)30-34-68-48-72(102-12)38-56(6)112-68)118-80(98)36-28-52(2)26-32-70(116-90-88(108-18)86(106-16)78(96)50-110-90)44-64-22-20-24-66(114-64)46-74(104-14)39-61(91)41-75(93)57(7)83(117-79(97)35-27-51)59(9)81(99)53(3)29-33-67-47-71(101-11)37-55(5)111-67/h19-22,25-28,35-36,53-78,81-96,99-100H,23-24,29-34,37-50H2,1-18H3/b35-27+,36-28+,51-25+,52-26+/t53-,54-,55-,56-,57-,58-,59-,60-,61+,62+,63-,64-,65-,66-,67-,68-,69-,70-,71+,72+,73-,74-,75+,76+,77-,78-,81-,82-,83-,84-,85+,86+,87+,88+,89+,90+/m0/s1. The Hall–Kier alpha value is -3.58. The third-order valence-corrected chi connectivity index (χ3v) is 25.6. The van der Waals surface area contributed by atoms with Gasteiger partial charge >= 0.3 is 11.9 Å². The number of allylic oxidation sites excluding steroid dienone is 4. The highest BCUT2D eigenvalue weighted by molar-refractivity contribution is 5.83. The van der Waals surface area contributed by atoms with Gasteiger partial charge in [-0.05, 0) is 142 Å². The first-order chi connectivity index (χ1) is 56.3. The molecule has 118 heavy (non-hydrogen) atoms. The van der Waals surface area contributed by atoms with Gasteiger partial charge in [0.25, 0.3) is 0 Å². The Kier molecular flexibility index (Phi) is 44.5. The number of hydrogen-bond acceptors (Lipinski definition) is 28. The minimum atomic E-state index is -1.21. The molecule has 7 heterocycles. The van der Waals surface area contributed by atoms with Crippen molar-refractivity contribution in [2.45, 2.75) is 381 Å². The first-order valence-electron chi connectivity index (χ1n) is 43.6. The largest absolute Gasteiger partial charge is 0.458 e. The molecule has 0 amide bonds. The number of aliphatic hydroxyl groups is 8. The van der Waals surface area contributed by atoms with Crippen LogP contribution in [0.3, 0.4) is 0 Å². The molecular formula is C90H152O28. The molecule has 0 radical (unpaired) electrons. The van der Waals surface area contributed by atoms with Crippen LogP contribution in [0.4, 0.5) is 0 Å². The molecular weight excluding hydrogens is 1530 g/mol. The van der Waals surface area contributed by atoms with Gasteiger partial charge in [-0.3, -0.25) is 0 Å². The zero-order valence-electron chi connectivity index (χ0n) is 73.9. The predicted octanol–water partition coefficient (Wildman–Crippen LogP) is 9.16. The van der Waals surface area contributed by atoms with E-state index >= 15 is 0 Å². The molecule has 28 nitrogen and oxygen atoms in total. The SMILES string of the molecule is CO[C@H]1C[C@@H](O)C[C@@H](O)[C@H](C)[C@@H]([C@@H](C)[C@@H](O)[C@@H](C)CC[C@H]2C[C@H](OC)C[C@H](C)O2)OC(=O)/C=C/C(C)=C/C[C@H](O[C@H]2OC[C@H](O)[C@@H](OC)[C@H]2OC)C[C@@H]2C=CC[C@@H](C[C@@H](OC)C[C@@H](O)C[C@@H](O)[C@H](C)[C@@H]([C@@H](C)[C@@H](O)[C@@H](C)CC[C@H]3C[C@H](OC)C[C@H](C)O3)OC(=O)/C=C/C(C)=C/C[C@H](O[C@H]3OC[C@H](O)[C@@H](OC)[C@H]3OC)C[C@@H]3C=CC[C@@H](C1)O3)O2. The van der Waals surface area contributed by atoms with Gasteiger partial charge < -0.3 is 126 Å². The molecule has 0 unspecified atom stereocenters. The van der Waals surface area contributed by atoms with Gasteiger partial charge in [0.05, 0.1) is 135 Å². The fourth-order valence-electron chi connectivity index (χ4n) is 18.3. The molecule has 0 saturated carbocycles. The lowest BCUT2D eigenvalue weighted by atomic mass is 9.79. The lowest BCUT2D eigenvalue weighted by molar-refractivity contribution is -0.293. The number of carbonyl (C=O) groups is 2. The summed E-state index contributed by atoms with van der Waals surface area (Å²) >= 11 is 0. The summed E-state index contributed by atoms with van der Waals surface area (Å²) in [6.45, 7) is 18.6. The number of carbonyl (C=O) groups excluding carboxylic acids is 2. The van der Waals surface area contributed by atoms with Crippen LogP contribution in [-0.2, 0) is 94.9 Å². The van der Waals surface area contributed by atoms with Crippen LogP contribution in [0.5, 0.6) is 0 Å². The van der Waals surface area contributed by atoms with E-state index in [-0.39, 0.29) is 112 Å². The van der Waals surface area contributed by atoms with Crippen molar-refractivity contribution in [3.05, 3.63) is 71.9 Å². The third kappa shape index (κ3) is 32.1. The molecule has 4 bridgehead atoms. The van der Waals surface area contributed by atoms with Gasteiger partial charge in [0.1, 0.15) is 48.8 Å². The number of hydrogen-bond donors (Lipinski definition) is 8. The summed E-state index contributed by atoms with van der Waals surface area (Å²) in [4.78, 5) is 28.7. The maximum absolute atomic E-state index is 14.3. The van der Waals surface area contributed by atoms with E-state index in [0.29, 0.717) is 75.4 Å². The van der Waals surface area contributed by atoms with E-state index in [1.165, 1.54) is 40.6 Å². The fraction of sp³-hybridized carbons (Fsp3) is 0.844. The molecule has 7 rings (SSSR count). The van der Waals surface area contributed by atoms with Gasteiger partial charge in [0, 0.05) is 118 Å². The average Bonchev–Trinajstić information content (AvgIpc) is 0.831. The predicted molar refractivity (Wildman–Crippen MR) is 441 cm³/mol. The number of ether oxygens (including phenoxy) is 18. The Morgan fingerprint density at radius 1 is 0.407 bits per heavy atom. The topological polar surface area (TPSA) is 362 Å². The lowest BCUT2D eigenvalue weighted by Gasteiger charge is -2.40. The van der Waals surface area contributed by atoms with Crippen LogP contribution in [0.25, 0.3) is 0 Å². The number of aliphatic hydroxyl groups excluding tert-OH is 8. The smallest absolute Gasteiger partial charge is 0.331 e. The summed E-state index contributed by atoms with van der Waals surface area (Å²) in [7, 11) is 12.5. The Bertz CT molecular complexity index is 2850. The summed E-state index contributed by atoms with van der Waals surface area (Å²) in [5.74, 6) is -4.93. The van der Waals surface area contributed by atoms with Crippen molar-refractivity contribution >= 4 is 11.9 Å². The molecule has 680 valence electrons. The van der Waals surface area contributed by atoms with Crippen LogP contribution in [0.1, 0.15) is 198 Å². The molecule has 4 saturated heterocycles. The van der Waals surface area contributed by atoms with Crippen molar-refractivity contribution in [1.29, 1.82) is 0 Å². The van der Waals surface area contributed by atoms with Crippen LogP contribution in [0.2, 0.25) is 0 Å². The normalized spacial score (nSPS) is 41.5. The van der Waals surface area contributed by atoms with Crippen molar-refractivity contribution in [3.63, 3.8) is 0 Å². The highest BCUT2D eigenvalue weighted by atomic mass is 16.7. The molecule has 7 aliphatic rings. The molecule has 28 heteroatoms. The highest BCUT2D eigenvalue weighted by Gasteiger charge is 2.46. The zero-order valence-corrected chi connectivity index (χ0v) is 73.9. The van der Waals surface area contributed by atoms with Crippen LogP contribution >= 0.6 is 0 Å². The van der Waals surface area contributed by atoms with Crippen LogP contribution < -0.4 is 0 Å². The van der Waals surface area contributed by atoms with Gasteiger partial charge in [-0.15, -0.1) is 0 Å². The number of methoxy groups -OCH3 is 8. The van der Waals surface area contributed by atoms with E-state index in [1.54, 1.807) is 54.4 Å². The molecule has 8 N–H and O–H groups in total. The fourth-order valence-corrected chi connectivity index (χ4v) is 18.3. The monoisotopic (exact) mass is 1680 g/mol. The number of esters is 2. The minimum absolute atomic E-state index is 0.0202. The highest BCUT2D eigenvalue weighted by Crippen LogP contribution is 2.38. The molecule has 0 aromatic rings. The van der Waals surface area contributed by atoms with Crippen molar-refractivity contribution in [2.75, 3.05) is 70.1 Å². The van der Waals surface area contributed by atoms with Crippen LogP contribution in [-0.4, -0.2) is 306 Å². The Labute approximate surface area is 703 Å². The number of rotatable bonds is 24. The second-order valence-electron chi connectivity index (χ2n) is 35.0. The van der Waals surface area contributed by atoms with Gasteiger partial charge in [-0.1, -0.05) is 101 Å².